The van der Waals surface area contributed by atoms with Crippen LogP contribution in [0.25, 0.3) is 0 Å². The van der Waals surface area contributed by atoms with Gasteiger partial charge in [0.25, 0.3) is 0 Å². The Hall–Kier alpha value is -0.960. The fourth-order valence-corrected chi connectivity index (χ4v) is 9.19. The van der Waals surface area contributed by atoms with Crippen molar-refractivity contribution in [1.82, 2.24) is 0 Å². The van der Waals surface area contributed by atoms with E-state index in [2.05, 4.69) is 60.1 Å². The smallest absolute Gasteiger partial charge is 0.0146 e. The zero-order valence-corrected chi connectivity index (χ0v) is 22.7. The van der Waals surface area contributed by atoms with E-state index in [9.17, 15) is 0 Å². The maximum Gasteiger partial charge on any atom is -0.0146 e. The van der Waals surface area contributed by atoms with Crippen LogP contribution in [-0.2, 0) is 0 Å². The van der Waals surface area contributed by atoms with Crippen LogP contribution in [0.5, 0.6) is 0 Å². The summed E-state index contributed by atoms with van der Waals surface area (Å²) in [5.41, 5.74) is 4.43. The minimum atomic E-state index is 0.604. The van der Waals surface area contributed by atoms with E-state index in [1.165, 1.54) is 76.2 Å². The largest absolute Gasteiger partial charge is 0.124 e. The average molecular weight is 439 g/mol. The molecule has 0 bridgehead atoms. The molecule has 32 heavy (non-hydrogen) atoms. The van der Waals surface area contributed by atoms with E-state index in [0.717, 1.165) is 35.5 Å². The maximum absolute atomic E-state index is 4.16. The Morgan fingerprint density at radius 1 is 1.03 bits per heavy atom. The second kappa shape index (κ2) is 11.4. The molecule has 4 fully saturated rings. The standard InChI is InChI=1S/C28H46.C2H6.C2H2/c1-7-21-18-22-25-14-13-23(20(4)12-11-19(2)3)28(25,6)17-15-26(22)27(5)16-9-8-10-24(21)27;2*1-2/h7,20,22-26H,2,8-18H2,1,3-6H3;1-2H3;1-2H/b21-7+;;/t20-,22?,23?,24?,25?,26?,27?,28?;;/m1../s1. The molecule has 0 aromatic rings. The van der Waals surface area contributed by atoms with E-state index in [1.807, 2.05) is 19.4 Å². The molecule has 0 amide bonds. The highest BCUT2D eigenvalue weighted by Crippen LogP contribution is 2.69. The Balaban J connectivity index is 0.000000860. The molecule has 4 aliphatic rings. The third-order valence-electron chi connectivity index (χ3n) is 10.6. The Bertz CT molecular complexity index is 665. The molecule has 0 heteroatoms. The van der Waals surface area contributed by atoms with Crippen molar-refractivity contribution in [3.05, 3.63) is 23.8 Å². The molecule has 0 saturated heterocycles. The minimum absolute atomic E-state index is 0.604. The summed E-state index contributed by atoms with van der Waals surface area (Å²) < 4.78 is 0. The van der Waals surface area contributed by atoms with Crippen molar-refractivity contribution in [3.63, 3.8) is 0 Å². The van der Waals surface area contributed by atoms with Gasteiger partial charge in [0.2, 0.25) is 0 Å². The van der Waals surface area contributed by atoms with Crippen molar-refractivity contribution >= 4 is 0 Å². The first-order chi connectivity index (χ1) is 15.3. The molecule has 0 heterocycles. The summed E-state index contributed by atoms with van der Waals surface area (Å²) in [4.78, 5) is 0. The van der Waals surface area contributed by atoms with Gasteiger partial charge in [-0.1, -0.05) is 64.7 Å². The third-order valence-corrected chi connectivity index (χ3v) is 10.6. The number of rotatable bonds is 4. The second-order valence-electron chi connectivity index (χ2n) is 12.0. The number of allylic oxidation sites excluding steroid dienone is 3. The molecule has 0 aromatic heterocycles. The van der Waals surface area contributed by atoms with Crippen molar-refractivity contribution in [2.24, 2.45) is 46.3 Å². The lowest BCUT2D eigenvalue weighted by atomic mass is 9.43. The molecule has 4 rings (SSSR count). The van der Waals surface area contributed by atoms with E-state index >= 15 is 0 Å². The van der Waals surface area contributed by atoms with Gasteiger partial charge < -0.3 is 0 Å². The molecule has 0 nitrogen and oxygen atoms in total. The van der Waals surface area contributed by atoms with Crippen LogP contribution < -0.4 is 0 Å². The predicted octanol–water partition coefficient (Wildman–Crippen LogP) is 9.86. The predicted molar refractivity (Wildman–Crippen MR) is 143 cm³/mol. The number of terminal acetylenes is 1. The molecule has 8 atom stereocenters. The maximum atomic E-state index is 4.16. The van der Waals surface area contributed by atoms with Gasteiger partial charge in [-0.15, -0.1) is 19.4 Å². The summed E-state index contributed by atoms with van der Waals surface area (Å²) >= 11 is 0. The molecule has 4 saturated carbocycles. The third kappa shape index (κ3) is 4.79. The zero-order valence-electron chi connectivity index (χ0n) is 22.7. The summed E-state index contributed by atoms with van der Waals surface area (Å²) in [5, 5.41) is 0. The van der Waals surface area contributed by atoms with E-state index in [4.69, 9.17) is 0 Å². The van der Waals surface area contributed by atoms with Gasteiger partial charge in [0.1, 0.15) is 0 Å². The number of fused-ring (bicyclic) bond motifs is 5. The Labute approximate surface area is 202 Å². The van der Waals surface area contributed by atoms with Gasteiger partial charge in [-0.2, -0.15) is 0 Å². The molecule has 7 unspecified atom stereocenters. The van der Waals surface area contributed by atoms with Gasteiger partial charge in [0.05, 0.1) is 0 Å². The molecule has 182 valence electrons. The normalized spacial score (nSPS) is 42.2. The van der Waals surface area contributed by atoms with Crippen LogP contribution >= 0.6 is 0 Å². The average Bonchev–Trinajstić information content (AvgIpc) is 3.16. The lowest BCUT2D eigenvalue weighted by molar-refractivity contribution is -0.0940. The SMILES string of the molecule is C#C.C=C(C)CC[C@@H](C)C1CCC2C3C/C(=C\C)C4CCCCC4(C)C3CCC21C.CC. The van der Waals surface area contributed by atoms with Crippen molar-refractivity contribution in [2.45, 2.75) is 119 Å². The lowest BCUT2D eigenvalue weighted by Crippen LogP contribution is -2.53. The summed E-state index contributed by atoms with van der Waals surface area (Å²) in [6, 6.07) is 0. The molecule has 0 aromatic carbocycles. The van der Waals surface area contributed by atoms with E-state index in [0.29, 0.717) is 10.8 Å². The monoisotopic (exact) mass is 438 g/mol. The highest BCUT2D eigenvalue weighted by atomic mass is 14.6. The van der Waals surface area contributed by atoms with Crippen molar-refractivity contribution < 1.29 is 0 Å². The number of hydrogen-bond donors (Lipinski definition) is 0. The van der Waals surface area contributed by atoms with Gasteiger partial charge in [0, 0.05) is 0 Å². The van der Waals surface area contributed by atoms with E-state index in [-0.39, 0.29) is 0 Å². The minimum Gasteiger partial charge on any atom is -0.124 e. The van der Waals surface area contributed by atoms with Crippen LogP contribution in [0.2, 0.25) is 0 Å². The molecule has 4 aliphatic carbocycles. The van der Waals surface area contributed by atoms with Crippen LogP contribution in [0.15, 0.2) is 23.8 Å². The molecule has 0 N–H and O–H groups in total. The van der Waals surface area contributed by atoms with Gasteiger partial charge >= 0.3 is 0 Å². The van der Waals surface area contributed by atoms with Crippen molar-refractivity contribution in [3.8, 4) is 12.8 Å². The highest BCUT2D eigenvalue weighted by Gasteiger charge is 2.60. The van der Waals surface area contributed by atoms with Crippen LogP contribution in [0.4, 0.5) is 0 Å². The van der Waals surface area contributed by atoms with Gasteiger partial charge in [-0.05, 0) is 118 Å². The summed E-state index contributed by atoms with van der Waals surface area (Å²) in [6.45, 7) is 20.7. The van der Waals surface area contributed by atoms with Crippen LogP contribution in [-0.4, -0.2) is 0 Å². The molecular formula is C32H54. The zero-order chi connectivity index (χ0) is 24.1. The Morgan fingerprint density at radius 3 is 2.31 bits per heavy atom. The molecular weight excluding hydrogens is 384 g/mol. The topological polar surface area (TPSA) is 0 Å². The fraction of sp³-hybridized carbons (Fsp3) is 0.812. The summed E-state index contributed by atoms with van der Waals surface area (Å²) in [7, 11) is 0. The van der Waals surface area contributed by atoms with Gasteiger partial charge in [0.15, 0.2) is 0 Å². The number of hydrogen-bond acceptors (Lipinski definition) is 0. The Kier molecular flexibility index (Phi) is 9.76. The van der Waals surface area contributed by atoms with Gasteiger partial charge in [-0.25, -0.2) is 0 Å². The van der Waals surface area contributed by atoms with Crippen LogP contribution in [0.3, 0.4) is 0 Å². The van der Waals surface area contributed by atoms with Gasteiger partial charge in [-0.3, -0.25) is 0 Å². The first-order valence-corrected chi connectivity index (χ1v) is 13.9. The first kappa shape index (κ1) is 27.3. The lowest BCUT2D eigenvalue weighted by Gasteiger charge is -2.61. The van der Waals surface area contributed by atoms with Crippen molar-refractivity contribution in [1.29, 1.82) is 0 Å². The molecule has 0 spiro atoms. The molecule has 0 radical (unpaired) electrons. The van der Waals surface area contributed by atoms with Crippen molar-refractivity contribution in [2.75, 3.05) is 0 Å². The summed E-state index contributed by atoms with van der Waals surface area (Å²) in [6.07, 6.45) is 26.5. The fourth-order valence-electron chi connectivity index (χ4n) is 9.19. The van der Waals surface area contributed by atoms with Crippen LogP contribution in [0.1, 0.15) is 119 Å². The quantitative estimate of drug-likeness (QED) is 0.302. The first-order valence-electron chi connectivity index (χ1n) is 13.9. The highest BCUT2D eigenvalue weighted by molar-refractivity contribution is 5.21. The summed E-state index contributed by atoms with van der Waals surface area (Å²) in [5.74, 6) is 5.68. The van der Waals surface area contributed by atoms with E-state index in [1.54, 1.807) is 0 Å². The van der Waals surface area contributed by atoms with E-state index < -0.39 is 0 Å². The molecule has 0 aliphatic heterocycles. The Morgan fingerprint density at radius 2 is 1.69 bits per heavy atom. The second-order valence-corrected chi connectivity index (χ2v) is 12.0. The van der Waals surface area contributed by atoms with Crippen LogP contribution in [0, 0.1) is 59.2 Å².